The Bertz CT molecular complexity index is 674. The normalized spacial score (nSPS) is 14.1. The minimum Gasteiger partial charge on any atom is -0.508 e. The van der Waals surface area contributed by atoms with Crippen LogP contribution in [0.2, 0.25) is 0 Å². The second-order valence-corrected chi connectivity index (χ2v) is 5.59. The summed E-state index contributed by atoms with van der Waals surface area (Å²) in [5.74, 6) is 0.121. The summed E-state index contributed by atoms with van der Waals surface area (Å²) in [5.41, 5.74) is 7.79. The van der Waals surface area contributed by atoms with Crippen LogP contribution in [-0.2, 0) is 6.54 Å². The van der Waals surface area contributed by atoms with Gasteiger partial charge >= 0.3 is 0 Å². The van der Waals surface area contributed by atoms with Gasteiger partial charge in [-0.25, -0.2) is 0 Å². The van der Waals surface area contributed by atoms with Gasteiger partial charge in [0.15, 0.2) is 0 Å². The Morgan fingerprint density at radius 3 is 2.81 bits per heavy atom. The lowest BCUT2D eigenvalue weighted by molar-refractivity contribution is 0.0773. The second-order valence-electron chi connectivity index (χ2n) is 5.59. The standard InChI is InChI=1S/C16H19N3O2/c1-18(9-11-4-2-3-5-15(11)20)16(21)14-8-12(17)10-19(14)13-6-7-13/h2-5,8,10,13,20H,6-7,9,17H2,1H3. The lowest BCUT2D eigenvalue weighted by atomic mass is 10.2. The van der Waals surface area contributed by atoms with Crippen LogP contribution in [0.3, 0.4) is 0 Å². The highest BCUT2D eigenvalue weighted by Crippen LogP contribution is 2.37. The minimum atomic E-state index is -0.0816. The SMILES string of the molecule is CN(Cc1ccccc1O)C(=O)c1cc(N)cn1C1CC1. The predicted molar refractivity (Wildman–Crippen MR) is 81.0 cm³/mol. The molecule has 5 heteroatoms. The average Bonchev–Trinajstić information content (AvgIpc) is 3.23. The number of carbonyl (C=O) groups excluding carboxylic acids is 1. The van der Waals surface area contributed by atoms with E-state index in [2.05, 4.69) is 0 Å². The molecule has 1 aliphatic carbocycles. The zero-order chi connectivity index (χ0) is 15.0. The Hall–Kier alpha value is -2.43. The van der Waals surface area contributed by atoms with Gasteiger partial charge in [0.25, 0.3) is 5.91 Å². The molecule has 0 aliphatic heterocycles. The van der Waals surface area contributed by atoms with E-state index in [9.17, 15) is 9.90 Å². The van der Waals surface area contributed by atoms with Crippen molar-refractivity contribution in [3.05, 3.63) is 47.8 Å². The first-order valence-corrected chi connectivity index (χ1v) is 7.06. The molecule has 1 heterocycles. The molecule has 0 atom stereocenters. The minimum absolute atomic E-state index is 0.0816. The van der Waals surface area contributed by atoms with Gasteiger partial charge in [-0.1, -0.05) is 18.2 Å². The van der Waals surface area contributed by atoms with E-state index in [1.165, 1.54) is 0 Å². The molecule has 3 N–H and O–H groups in total. The highest BCUT2D eigenvalue weighted by atomic mass is 16.3. The Morgan fingerprint density at radius 1 is 1.43 bits per heavy atom. The zero-order valence-corrected chi connectivity index (χ0v) is 12.0. The van der Waals surface area contributed by atoms with Gasteiger partial charge in [-0.2, -0.15) is 0 Å². The van der Waals surface area contributed by atoms with Crippen molar-refractivity contribution in [2.24, 2.45) is 0 Å². The Kier molecular flexibility index (Phi) is 3.33. The molecule has 1 aromatic carbocycles. The largest absolute Gasteiger partial charge is 0.508 e. The number of aromatic hydroxyl groups is 1. The lowest BCUT2D eigenvalue weighted by Gasteiger charge is -2.19. The van der Waals surface area contributed by atoms with Crippen LogP contribution in [0.25, 0.3) is 0 Å². The molecule has 0 bridgehead atoms. The second kappa shape index (κ2) is 5.16. The van der Waals surface area contributed by atoms with Crippen molar-refractivity contribution in [3.63, 3.8) is 0 Å². The van der Waals surface area contributed by atoms with Gasteiger partial charge in [0.1, 0.15) is 11.4 Å². The van der Waals surface area contributed by atoms with Crippen molar-refractivity contribution in [1.29, 1.82) is 0 Å². The molecule has 0 unspecified atom stereocenters. The zero-order valence-electron chi connectivity index (χ0n) is 12.0. The third-order valence-electron chi connectivity index (χ3n) is 3.77. The summed E-state index contributed by atoms with van der Waals surface area (Å²) in [6, 6.07) is 9.17. The summed E-state index contributed by atoms with van der Waals surface area (Å²) in [7, 11) is 1.73. The molecular weight excluding hydrogens is 266 g/mol. The fraction of sp³-hybridized carbons (Fsp3) is 0.312. The first-order chi connectivity index (χ1) is 10.1. The molecule has 0 radical (unpaired) electrons. The maximum atomic E-state index is 12.6. The Balaban J connectivity index is 1.80. The molecule has 21 heavy (non-hydrogen) atoms. The van der Waals surface area contributed by atoms with Gasteiger partial charge in [0.2, 0.25) is 0 Å². The molecule has 110 valence electrons. The highest BCUT2D eigenvalue weighted by Gasteiger charge is 2.28. The lowest BCUT2D eigenvalue weighted by Crippen LogP contribution is -2.28. The first kappa shape index (κ1) is 13.5. The predicted octanol–water partition coefficient (Wildman–Crippen LogP) is 2.38. The number of carbonyl (C=O) groups is 1. The summed E-state index contributed by atoms with van der Waals surface area (Å²) in [6.45, 7) is 0.362. The number of hydrogen-bond donors (Lipinski definition) is 2. The van der Waals surface area contributed by atoms with E-state index < -0.39 is 0 Å². The van der Waals surface area contributed by atoms with Crippen LogP contribution in [0, 0.1) is 0 Å². The van der Waals surface area contributed by atoms with Gasteiger partial charge in [-0.05, 0) is 25.0 Å². The van der Waals surface area contributed by atoms with Crippen molar-refractivity contribution in [2.45, 2.75) is 25.4 Å². The fourth-order valence-corrected chi connectivity index (χ4v) is 2.49. The maximum Gasteiger partial charge on any atom is 0.270 e. The summed E-state index contributed by atoms with van der Waals surface area (Å²) in [4.78, 5) is 14.2. The molecule has 1 aromatic heterocycles. The maximum absolute atomic E-state index is 12.6. The van der Waals surface area contributed by atoms with Gasteiger partial charge in [0, 0.05) is 31.4 Å². The Morgan fingerprint density at radius 2 is 2.14 bits per heavy atom. The number of aromatic nitrogens is 1. The number of benzene rings is 1. The monoisotopic (exact) mass is 285 g/mol. The van der Waals surface area contributed by atoms with Crippen LogP contribution in [0.1, 0.15) is 34.9 Å². The summed E-state index contributed by atoms with van der Waals surface area (Å²) < 4.78 is 1.97. The molecule has 3 rings (SSSR count). The van der Waals surface area contributed by atoms with E-state index in [4.69, 9.17) is 5.73 Å². The molecular formula is C16H19N3O2. The van der Waals surface area contributed by atoms with Crippen LogP contribution in [-0.4, -0.2) is 27.5 Å². The van der Waals surface area contributed by atoms with E-state index in [1.54, 1.807) is 30.1 Å². The van der Waals surface area contributed by atoms with Gasteiger partial charge in [0.05, 0.1) is 5.69 Å². The van der Waals surface area contributed by atoms with Crippen LogP contribution < -0.4 is 5.73 Å². The van der Waals surface area contributed by atoms with Crippen molar-refractivity contribution in [1.82, 2.24) is 9.47 Å². The molecule has 1 amide bonds. The van der Waals surface area contributed by atoms with Gasteiger partial charge in [-0.3, -0.25) is 4.79 Å². The molecule has 1 fully saturated rings. The Labute approximate surface area is 123 Å². The average molecular weight is 285 g/mol. The number of rotatable bonds is 4. The van der Waals surface area contributed by atoms with Crippen LogP contribution in [0.15, 0.2) is 36.5 Å². The number of nitrogens with two attached hydrogens (primary N) is 1. The molecule has 5 nitrogen and oxygen atoms in total. The topological polar surface area (TPSA) is 71.5 Å². The van der Waals surface area contributed by atoms with Crippen LogP contribution in [0.5, 0.6) is 5.75 Å². The summed E-state index contributed by atoms with van der Waals surface area (Å²) in [5, 5.41) is 9.81. The number of amides is 1. The van der Waals surface area contributed by atoms with Crippen LogP contribution >= 0.6 is 0 Å². The number of nitrogens with zero attached hydrogens (tertiary/aromatic N) is 2. The fourth-order valence-electron chi connectivity index (χ4n) is 2.49. The van der Waals surface area contributed by atoms with E-state index in [-0.39, 0.29) is 11.7 Å². The third kappa shape index (κ3) is 2.72. The molecule has 1 saturated carbocycles. The summed E-state index contributed by atoms with van der Waals surface area (Å²) in [6.07, 6.45) is 4.02. The number of anilines is 1. The smallest absolute Gasteiger partial charge is 0.270 e. The van der Waals surface area contributed by atoms with Crippen molar-refractivity contribution in [2.75, 3.05) is 12.8 Å². The number of phenolic OH excluding ortho intramolecular Hbond substituents is 1. The molecule has 0 spiro atoms. The van der Waals surface area contributed by atoms with E-state index >= 15 is 0 Å². The molecule has 1 aliphatic rings. The van der Waals surface area contributed by atoms with E-state index in [0.29, 0.717) is 24.0 Å². The van der Waals surface area contributed by atoms with Crippen molar-refractivity contribution < 1.29 is 9.90 Å². The summed E-state index contributed by atoms with van der Waals surface area (Å²) >= 11 is 0. The van der Waals surface area contributed by atoms with Gasteiger partial charge < -0.3 is 20.3 Å². The number of para-hydroxylation sites is 1. The quantitative estimate of drug-likeness (QED) is 0.906. The van der Waals surface area contributed by atoms with Gasteiger partial charge in [-0.15, -0.1) is 0 Å². The van der Waals surface area contributed by atoms with E-state index in [0.717, 1.165) is 18.4 Å². The number of phenols is 1. The molecule has 0 saturated heterocycles. The third-order valence-corrected chi connectivity index (χ3v) is 3.77. The van der Waals surface area contributed by atoms with E-state index in [1.807, 2.05) is 22.9 Å². The highest BCUT2D eigenvalue weighted by molar-refractivity contribution is 5.93. The van der Waals surface area contributed by atoms with Crippen LogP contribution in [0.4, 0.5) is 5.69 Å². The molecule has 2 aromatic rings. The number of nitrogen functional groups attached to an aromatic ring is 1. The number of hydrogen-bond acceptors (Lipinski definition) is 3. The van der Waals surface area contributed by atoms with Crippen molar-refractivity contribution in [3.8, 4) is 5.75 Å². The van der Waals surface area contributed by atoms with Crippen molar-refractivity contribution >= 4 is 11.6 Å². The first-order valence-electron chi connectivity index (χ1n) is 7.06.